The van der Waals surface area contributed by atoms with Crippen molar-refractivity contribution in [2.75, 3.05) is 5.32 Å². The summed E-state index contributed by atoms with van der Waals surface area (Å²) in [5.41, 5.74) is 2.53. The maximum absolute atomic E-state index is 14.1. The van der Waals surface area contributed by atoms with Gasteiger partial charge in [-0.1, -0.05) is 30.7 Å². The first-order valence-corrected chi connectivity index (χ1v) is 12.2. The largest absolute Gasteiger partial charge is 0.301 e. The van der Waals surface area contributed by atoms with E-state index in [0.717, 1.165) is 36.9 Å². The van der Waals surface area contributed by atoms with Crippen LogP contribution in [0.2, 0.25) is 0 Å². The van der Waals surface area contributed by atoms with E-state index in [0.29, 0.717) is 22.9 Å². The van der Waals surface area contributed by atoms with Crippen molar-refractivity contribution >= 4 is 22.4 Å². The number of hydrogen-bond donors (Lipinski definition) is 1. The summed E-state index contributed by atoms with van der Waals surface area (Å²) >= 11 is 1.52. The summed E-state index contributed by atoms with van der Waals surface area (Å²) in [5.74, 6) is -3.64. The summed E-state index contributed by atoms with van der Waals surface area (Å²) in [7, 11) is 1.68. The minimum absolute atomic E-state index is 0.186. The summed E-state index contributed by atoms with van der Waals surface area (Å²) < 4.78 is 28.1. The van der Waals surface area contributed by atoms with Crippen LogP contribution in [-0.2, 0) is 24.7 Å². The van der Waals surface area contributed by atoms with Gasteiger partial charge >= 0.3 is 0 Å². The number of benzene rings is 1. The number of thiazole rings is 1. The zero-order valence-corrected chi connectivity index (χ0v) is 19.2. The van der Waals surface area contributed by atoms with Crippen LogP contribution in [0.3, 0.4) is 0 Å². The van der Waals surface area contributed by atoms with E-state index in [1.807, 2.05) is 24.3 Å². The molecule has 1 aromatic carbocycles. The number of carbonyl (C=O) groups excluding carboxylic acids is 1. The van der Waals surface area contributed by atoms with Crippen LogP contribution in [-0.4, -0.2) is 37.0 Å². The number of rotatable bonds is 5. The SMILES string of the molecule is Cn1nnc(-c2ccc([C@@H](C(=O)Nc3nc4c(s3)CCCCC4)[C@H]3CCC(F)(F)C3)cc2)n1. The smallest absolute Gasteiger partial charge is 0.248 e. The molecule has 1 N–H and O–H groups in total. The van der Waals surface area contributed by atoms with E-state index in [-0.39, 0.29) is 18.7 Å². The van der Waals surface area contributed by atoms with Crippen molar-refractivity contribution in [2.45, 2.75) is 63.2 Å². The van der Waals surface area contributed by atoms with E-state index in [1.54, 1.807) is 7.05 Å². The summed E-state index contributed by atoms with van der Waals surface area (Å²) in [4.78, 5) is 20.7. The van der Waals surface area contributed by atoms with Gasteiger partial charge in [0, 0.05) is 23.3 Å². The third-order valence-electron chi connectivity index (χ3n) is 6.56. The second-order valence-corrected chi connectivity index (χ2v) is 10.1. The van der Waals surface area contributed by atoms with E-state index >= 15 is 0 Å². The molecule has 0 aliphatic heterocycles. The average molecular weight is 473 g/mol. The molecule has 1 amide bonds. The number of tetrazole rings is 1. The van der Waals surface area contributed by atoms with Gasteiger partial charge in [-0.3, -0.25) is 4.79 Å². The Morgan fingerprint density at radius 3 is 2.70 bits per heavy atom. The van der Waals surface area contributed by atoms with Gasteiger partial charge < -0.3 is 5.32 Å². The number of nitrogens with one attached hydrogen (secondary N) is 1. The van der Waals surface area contributed by atoms with Crippen molar-refractivity contribution in [2.24, 2.45) is 13.0 Å². The standard InChI is InChI=1S/C23H26F2N6OS/c1-31-29-20(28-30-31)15-9-7-14(8-10-15)19(16-11-12-23(24,25)13-16)21(32)27-22-26-17-5-3-2-4-6-18(17)33-22/h7-10,16,19H,2-6,11-13H2,1H3,(H,26,27,32)/t16-,19+/m0/s1. The van der Waals surface area contributed by atoms with Gasteiger partial charge in [-0.15, -0.1) is 21.5 Å². The number of carbonyl (C=O) groups is 1. The Bertz CT molecular complexity index is 1120. The number of fused-ring (bicyclic) bond motifs is 1. The van der Waals surface area contributed by atoms with E-state index in [9.17, 15) is 13.6 Å². The number of nitrogens with zero attached hydrogens (tertiary/aromatic N) is 5. The molecule has 5 rings (SSSR count). The number of alkyl halides is 2. The number of aryl methyl sites for hydroxylation is 3. The molecule has 0 unspecified atom stereocenters. The fourth-order valence-electron chi connectivity index (χ4n) is 4.91. The van der Waals surface area contributed by atoms with Crippen LogP contribution in [0.15, 0.2) is 24.3 Å². The highest BCUT2D eigenvalue weighted by molar-refractivity contribution is 7.15. The van der Waals surface area contributed by atoms with Crippen molar-refractivity contribution in [3.05, 3.63) is 40.4 Å². The van der Waals surface area contributed by atoms with Gasteiger partial charge in [-0.05, 0) is 48.8 Å². The summed E-state index contributed by atoms with van der Waals surface area (Å²) in [6.07, 6.45) is 5.19. The van der Waals surface area contributed by atoms with E-state index in [1.165, 1.54) is 27.4 Å². The minimum atomic E-state index is -2.73. The van der Waals surface area contributed by atoms with Crippen LogP contribution in [0.25, 0.3) is 11.4 Å². The van der Waals surface area contributed by atoms with Crippen LogP contribution in [0.5, 0.6) is 0 Å². The molecule has 0 bridgehead atoms. The predicted molar refractivity (Wildman–Crippen MR) is 121 cm³/mol. The number of aromatic nitrogens is 5. The molecule has 10 heteroatoms. The third kappa shape index (κ3) is 4.80. The van der Waals surface area contributed by atoms with Crippen LogP contribution in [0.4, 0.5) is 13.9 Å². The second-order valence-electron chi connectivity index (χ2n) is 9.00. The predicted octanol–water partition coefficient (Wildman–Crippen LogP) is 4.76. The lowest BCUT2D eigenvalue weighted by molar-refractivity contribution is -0.118. The highest BCUT2D eigenvalue weighted by Gasteiger charge is 2.45. The highest BCUT2D eigenvalue weighted by Crippen LogP contribution is 2.46. The lowest BCUT2D eigenvalue weighted by Gasteiger charge is -2.23. The topological polar surface area (TPSA) is 85.6 Å². The summed E-state index contributed by atoms with van der Waals surface area (Å²) in [6, 6.07) is 7.24. The quantitative estimate of drug-likeness (QED) is 0.541. The van der Waals surface area contributed by atoms with Crippen molar-refractivity contribution in [1.82, 2.24) is 25.2 Å². The third-order valence-corrected chi connectivity index (χ3v) is 7.63. The zero-order valence-electron chi connectivity index (χ0n) is 18.4. The van der Waals surface area contributed by atoms with Gasteiger partial charge in [0.2, 0.25) is 17.7 Å². The Morgan fingerprint density at radius 2 is 2.00 bits per heavy atom. The lowest BCUT2D eigenvalue weighted by atomic mass is 9.83. The Hall–Kier alpha value is -2.75. The maximum atomic E-state index is 14.1. The number of hydrogen-bond acceptors (Lipinski definition) is 6. The Morgan fingerprint density at radius 1 is 1.21 bits per heavy atom. The average Bonchev–Trinajstić information content (AvgIpc) is 3.43. The minimum Gasteiger partial charge on any atom is -0.301 e. The normalized spacial score (nSPS) is 20.8. The van der Waals surface area contributed by atoms with E-state index in [2.05, 4.69) is 25.7 Å². The van der Waals surface area contributed by atoms with Crippen LogP contribution in [0.1, 0.15) is 60.6 Å². The number of anilines is 1. The van der Waals surface area contributed by atoms with Crippen molar-refractivity contribution in [3.63, 3.8) is 0 Å². The summed E-state index contributed by atoms with van der Waals surface area (Å²) in [6.45, 7) is 0. The molecule has 0 saturated heterocycles. The van der Waals surface area contributed by atoms with Gasteiger partial charge in [0.25, 0.3) is 0 Å². The van der Waals surface area contributed by atoms with Gasteiger partial charge in [0.15, 0.2) is 5.13 Å². The monoisotopic (exact) mass is 472 g/mol. The van der Waals surface area contributed by atoms with E-state index < -0.39 is 17.8 Å². The molecule has 2 aliphatic rings. The molecule has 7 nitrogen and oxygen atoms in total. The lowest BCUT2D eigenvalue weighted by Crippen LogP contribution is -2.27. The molecule has 0 spiro atoms. The van der Waals surface area contributed by atoms with E-state index in [4.69, 9.17) is 0 Å². The summed E-state index contributed by atoms with van der Waals surface area (Å²) in [5, 5.41) is 15.6. The zero-order chi connectivity index (χ0) is 23.0. The highest BCUT2D eigenvalue weighted by atomic mass is 32.1. The van der Waals surface area contributed by atoms with Gasteiger partial charge in [0.05, 0.1) is 18.7 Å². The molecule has 1 saturated carbocycles. The van der Waals surface area contributed by atoms with Gasteiger partial charge in [-0.25, -0.2) is 13.8 Å². The van der Waals surface area contributed by atoms with Crippen LogP contribution < -0.4 is 5.32 Å². The molecule has 174 valence electrons. The first kappa shape index (κ1) is 22.1. The fourth-order valence-corrected chi connectivity index (χ4v) is 5.96. The molecule has 0 radical (unpaired) electrons. The number of amides is 1. The van der Waals surface area contributed by atoms with Gasteiger partial charge in [-0.2, -0.15) is 4.80 Å². The molecular weight excluding hydrogens is 446 g/mol. The molecular formula is C23H26F2N6OS. The molecule has 33 heavy (non-hydrogen) atoms. The van der Waals surface area contributed by atoms with Crippen LogP contribution >= 0.6 is 11.3 Å². The fraction of sp³-hybridized carbons (Fsp3) is 0.522. The second kappa shape index (κ2) is 8.89. The molecule has 2 atom stereocenters. The van der Waals surface area contributed by atoms with Gasteiger partial charge in [0.1, 0.15) is 0 Å². The Kier molecular flexibility index (Phi) is 5.94. The molecule has 1 fully saturated rings. The Labute approximate surface area is 194 Å². The van der Waals surface area contributed by atoms with Crippen molar-refractivity contribution in [1.29, 1.82) is 0 Å². The Balaban J connectivity index is 1.40. The molecule has 3 aromatic rings. The molecule has 2 aliphatic carbocycles. The van der Waals surface area contributed by atoms with Crippen LogP contribution in [0, 0.1) is 5.92 Å². The number of halogens is 2. The molecule has 2 aromatic heterocycles. The maximum Gasteiger partial charge on any atom is 0.248 e. The molecule has 2 heterocycles. The first-order valence-electron chi connectivity index (χ1n) is 11.4. The van der Waals surface area contributed by atoms with Crippen molar-refractivity contribution < 1.29 is 13.6 Å². The first-order chi connectivity index (χ1) is 15.9. The van der Waals surface area contributed by atoms with Crippen molar-refractivity contribution in [3.8, 4) is 11.4 Å².